The van der Waals surface area contributed by atoms with Gasteiger partial charge in [-0.15, -0.1) is 0 Å². The Morgan fingerprint density at radius 1 is 0.974 bits per heavy atom. The van der Waals surface area contributed by atoms with E-state index in [9.17, 15) is 14.7 Å². The first kappa shape index (κ1) is 26.2. The van der Waals surface area contributed by atoms with E-state index < -0.39 is 17.7 Å². The third-order valence-corrected chi connectivity index (χ3v) is 7.15. The largest absolute Gasteiger partial charge is 0.507 e. The van der Waals surface area contributed by atoms with Gasteiger partial charge in [0.1, 0.15) is 23.0 Å². The lowest BCUT2D eigenvalue weighted by Crippen LogP contribution is -2.29. The molecule has 0 spiro atoms. The van der Waals surface area contributed by atoms with Gasteiger partial charge in [-0.05, 0) is 62.7 Å². The number of aromatic nitrogens is 2. The van der Waals surface area contributed by atoms with Gasteiger partial charge in [-0.1, -0.05) is 17.4 Å². The van der Waals surface area contributed by atoms with Crippen LogP contribution in [0.3, 0.4) is 0 Å². The molecule has 1 saturated heterocycles. The molecule has 1 aliphatic heterocycles. The first-order chi connectivity index (χ1) is 19.0. The normalized spacial score (nSPS) is 16.6. The number of anilines is 1. The number of carbonyl (C=O) groups is 2. The van der Waals surface area contributed by atoms with Crippen LogP contribution in [0.2, 0.25) is 0 Å². The molecule has 0 saturated carbocycles. The predicted molar refractivity (Wildman–Crippen MR) is 149 cm³/mol. The Kier molecular flexibility index (Phi) is 7.47. The highest BCUT2D eigenvalue weighted by Gasteiger charge is 2.48. The minimum atomic E-state index is -0.952. The van der Waals surface area contributed by atoms with Gasteiger partial charge >= 0.3 is 5.91 Å². The van der Waals surface area contributed by atoms with Crippen LogP contribution in [-0.4, -0.2) is 46.6 Å². The van der Waals surface area contributed by atoms with E-state index in [1.807, 2.05) is 39.0 Å². The van der Waals surface area contributed by atoms with Crippen LogP contribution in [0.5, 0.6) is 17.2 Å². The van der Waals surface area contributed by atoms with E-state index in [-0.39, 0.29) is 16.9 Å². The predicted octanol–water partition coefficient (Wildman–Crippen LogP) is 5.51. The molecule has 9 nitrogen and oxygen atoms in total. The van der Waals surface area contributed by atoms with E-state index in [2.05, 4.69) is 9.97 Å². The second-order valence-electron chi connectivity index (χ2n) is 8.54. The number of thiazole rings is 1. The maximum Gasteiger partial charge on any atom is 0.301 e. The highest BCUT2D eigenvalue weighted by molar-refractivity contribution is 7.22. The molecule has 1 amide bonds. The van der Waals surface area contributed by atoms with E-state index >= 15 is 0 Å². The quantitative estimate of drug-likeness (QED) is 0.166. The lowest BCUT2D eigenvalue weighted by atomic mass is 9.96. The van der Waals surface area contributed by atoms with Gasteiger partial charge in [-0.2, -0.15) is 0 Å². The summed E-state index contributed by atoms with van der Waals surface area (Å²) in [4.78, 5) is 37.3. The van der Waals surface area contributed by atoms with Gasteiger partial charge < -0.3 is 19.3 Å². The monoisotopic (exact) mass is 545 g/mol. The molecule has 1 N–H and O–H groups in total. The van der Waals surface area contributed by atoms with E-state index in [0.717, 1.165) is 4.70 Å². The minimum absolute atomic E-state index is 0.0765. The number of ether oxygens (including phenoxy) is 3. The summed E-state index contributed by atoms with van der Waals surface area (Å²) in [5.74, 6) is -0.394. The first-order valence-corrected chi connectivity index (χ1v) is 13.4. The van der Waals surface area contributed by atoms with Crippen molar-refractivity contribution >= 4 is 44.1 Å². The molecule has 4 aromatic rings. The van der Waals surface area contributed by atoms with Crippen molar-refractivity contribution in [1.82, 2.24) is 9.97 Å². The molecule has 10 heteroatoms. The molecule has 200 valence electrons. The second-order valence-corrected chi connectivity index (χ2v) is 9.55. The lowest BCUT2D eigenvalue weighted by molar-refractivity contribution is -0.132. The fraction of sp³-hybridized carbons (Fsp3) is 0.241. The number of ketones is 1. The summed E-state index contributed by atoms with van der Waals surface area (Å²) in [5.41, 5.74) is 1.41. The third-order valence-electron chi connectivity index (χ3n) is 6.13. The van der Waals surface area contributed by atoms with E-state index in [1.165, 1.54) is 16.2 Å². The Balaban J connectivity index is 1.68. The maximum atomic E-state index is 13.5. The molecular weight excluding hydrogens is 518 g/mol. The van der Waals surface area contributed by atoms with Crippen molar-refractivity contribution in [2.75, 3.05) is 24.7 Å². The number of pyridine rings is 1. The van der Waals surface area contributed by atoms with Crippen LogP contribution in [0.4, 0.5) is 5.13 Å². The fourth-order valence-electron chi connectivity index (χ4n) is 4.51. The molecule has 2 aromatic heterocycles. The molecule has 0 bridgehead atoms. The molecule has 3 heterocycles. The summed E-state index contributed by atoms with van der Waals surface area (Å²) < 4.78 is 17.8. The average molecular weight is 546 g/mol. The number of Topliss-reactive ketones (excluding diaryl/α,β-unsaturated/α-hetero) is 1. The smallest absolute Gasteiger partial charge is 0.301 e. The number of fused-ring (bicyclic) bond motifs is 1. The second kappa shape index (κ2) is 11.1. The molecule has 0 radical (unpaired) electrons. The van der Waals surface area contributed by atoms with Gasteiger partial charge in [0, 0.05) is 18.5 Å². The number of amides is 1. The summed E-state index contributed by atoms with van der Waals surface area (Å²) >= 11 is 1.26. The zero-order chi connectivity index (χ0) is 27.5. The topological polar surface area (TPSA) is 111 Å². The van der Waals surface area contributed by atoms with Crippen LogP contribution < -0.4 is 19.1 Å². The number of rotatable bonds is 9. The van der Waals surface area contributed by atoms with Crippen LogP contribution in [0.15, 0.2) is 66.5 Å². The van der Waals surface area contributed by atoms with Crippen molar-refractivity contribution in [3.8, 4) is 17.2 Å². The van der Waals surface area contributed by atoms with Crippen molar-refractivity contribution in [3.05, 3.63) is 77.6 Å². The maximum absolute atomic E-state index is 13.5. The van der Waals surface area contributed by atoms with Crippen molar-refractivity contribution < 1.29 is 28.9 Å². The zero-order valence-corrected chi connectivity index (χ0v) is 22.5. The number of benzene rings is 2. The molecular formula is C29H27N3O6S. The number of hydrogen-bond acceptors (Lipinski definition) is 9. The van der Waals surface area contributed by atoms with Crippen LogP contribution in [0.25, 0.3) is 16.0 Å². The number of hydrogen-bond donors (Lipinski definition) is 1. The minimum Gasteiger partial charge on any atom is -0.507 e. The Morgan fingerprint density at radius 2 is 1.69 bits per heavy atom. The van der Waals surface area contributed by atoms with Gasteiger partial charge in [0.05, 0.1) is 47.2 Å². The van der Waals surface area contributed by atoms with Crippen molar-refractivity contribution in [2.24, 2.45) is 0 Å². The van der Waals surface area contributed by atoms with Crippen molar-refractivity contribution in [1.29, 1.82) is 0 Å². The molecule has 1 unspecified atom stereocenters. The fourth-order valence-corrected chi connectivity index (χ4v) is 5.53. The number of nitrogens with zero attached hydrogens (tertiary/aromatic N) is 3. The Morgan fingerprint density at radius 3 is 2.38 bits per heavy atom. The van der Waals surface area contributed by atoms with E-state index in [4.69, 9.17) is 14.2 Å². The summed E-state index contributed by atoms with van der Waals surface area (Å²) in [7, 11) is 0. The van der Waals surface area contributed by atoms with Crippen LogP contribution in [0, 0.1) is 0 Å². The average Bonchev–Trinajstić information content (AvgIpc) is 3.47. The molecule has 1 fully saturated rings. The first-order valence-electron chi connectivity index (χ1n) is 12.6. The molecule has 5 rings (SSSR count). The molecule has 2 aromatic carbocycles. The lowest BCUT2D eigenvalue weighted by Gasteiger charge is -2.23. The summed E-state index contributed by atoms with van der Waals surface area (Å²) in [6.07, 6.45) is 3.17. The number of aliphatic hydroxyl groups excluding tert-OH is 1. The van der Waals surface area contributed by atoms with Crippen LogP contribution >= 0.6 is 11.3 Å². The standard InChI is InChI=1S/C29H27N3O6S/c1-4-36-18-9-11-20(22(14-18)38-6-3)26(33)24-25(17-8-7-13-30-16-17)32(28(35)27(24)34)29-31-21-12-10-19(37-5-2)15-23(21)39-29/h7-16,25,33H,4-6H2,1-3H3/b26-24+. The van der Waals surface area contributed by atoms with Gasteiger partial charge in [-0.3, -0.25) is 19.5 Å². The van der Waals surface area contributed by atoms with E-state index in [0.29, 0.717) is 53.3 Å². The highest BCUT2D eigenvalue weighted by Crippen LogP contribution is 2.45. The third kappa shape index (κ3) is 4.90. The Bertz CT molecular complexity index is 1570. The van der Waals surface area contributed by atoms with Crippen LogP contribution in [0.1, 0.15) is 37.9 Å². The molecule has 0 aliphatic carbocycles. The summed E-state index contributed by atoms with van der Waals surface area (Å²) in [6, 6.07) is 12.9. The molecule has 1 aliphatic rings. The van der Waals surface area contributed by atoms with Gasteiger partial charge in [0.2, 0.25) is 0 Å². The highest BCUT2D eigenvalue weighted by atomic mass is 32.1. The van der Waals surface area contributed by atoms with E-state index in [1.54, 1.807) is 42.7 Å². The van der Waals surface area contributed by atoms with Crippen molar-refractivity contribution in [3.63, 3.8) is 0 Å². The zero-order valence-electron chi connectivity index (χ0n) is 21.7. The van der Waals surface area contributed by atoms with Crippen molar-refractivity contribution in [2.45, 2.75) is 26.8 Å². The Labute approximate surface area is 229 Å². The molecule has 1 atom stereocenters. The van der Waals surface area contributed by atoms with Gasteiger partial charge in [-0.25, -0.2) is 4.98 Å². The molecule has 39 heavy (non-hydrogen) atoms. The number of aliphatic hydroxyl groups is 1. The van der Waals surface area contributed by atoms with Crippen LogP contribution in [-0.2, 0) is 9.59 Å². The Hall–Kier alpha value is -4.44. The summed E-state index contributed by atoms with van der Waals surface area (Å²) in [6.45, 7) is 6.88. The number of carbonyl (C=O) groups excluding carboxylic acids is 2. The van der Waals surface area contributed by atoms with Gasteiger partial charge in [0.15, 0.2) is 5.13 Å². The SMILES string of the molecule is CCOc1ccc(/C(O)=C2\C(=O)C(=O)N(c3nc4ccc(OCC)cc4s3)C2c2cccnc2)c(OCC)c1. The summed E-state index contributed by atoms with van der Waals surface area (Å²) in [5, 5.41) is 11.9. The van der Waals surface area contributed by atoms with Gasteiger partial charge in [0.25, 0.3) is 5.78 Å².